The Bertz CT molecular complexity index is 441. The zero-order valence-electron chi connectivity index (χ0n) is 8.91. The van der Waals surface area contributed by atoms with Gasteiger partial charge in [-0.2, -0.15) is 0 Å². The number of hydrogen-bond acceptors (Lipinski definition) is 4. The molecule has 5 nitrogen and oxygen atoms in total. The van der Waals surface area contributed by atoms with Gasteiger partial charge in [0.05, 0.1) is 24.0 Å². The number of nitro groups is 1. The van der Waals surface area contributed by atoms with E-state index >= 15 is 0 Å². The molecule has 7 heteroatoms. The summed E-state index contributed by atoms with van der Waals surface area (Å²) < 4.78 is 18.4. The van der Waals surface area contributed by atoms with E-state index in [9.17, 15) is 19.3 Å². The van der Waals surface area contributed by atoms with Crippen molar-refractivity contribution in [1.29, 1.82) is 0 Å². The lowest BCUT2D eigenvalue weighted by Gasteiger charge is -2.05. The molecule has 0 saturated heterocycles. The average Bonchev–Trinajstić information content (AvgIpc) is 2.23. The Hall–Kier alpha value is -1.50. The zero-order chi connectivity index (χ0) is 13.0. The maximum absolute atomic E-state index is 13.5. The number of carbonyl (C=O) groups is 1. The van der Waals surface area contributed by atoms with Crippen molar-refractivity contribution in [1.82, 2.24) is 0 Å². The van der Waals surface area contributed by atoms with Gasteiger partial charge in [0.25, 0.3) is 5.69 Å². The van der Waals surface area contributed by atoms with Gasteiger partial charge < -0.3 is 4.74 Å². The van der Waals surface area contributed by atoms with Crippen LogP contribution in [0.2, 0.25) is 0 Å². The highest BCUT2D eigenvalue weighted by molar-refractivity contribution is 9.10. The van der Waals surface area contributed by atoms with Crippen molar-refractivity contribution < 1.29 is 18.8 Å². The molecule has 0 aromatic heterocycles. The van der Waals surface area contributed by atoms with Crippen LogP contribution in [0.4, 0.5) is 10.1 Å². The van der Waals surface area contributed by atoms with E-state index in [1.54, 1.807) is 6.92 Å². The Morgan fingerprint density at radius 2 is 2.24 bits per heavy atom. The highest BCUT2D eigenvalue weighted by atomic mass is 79.9. The standard InChI is InChI=1S/C10H9BrFNO4/c1-2-17-10(14)5-7-8(11)3-6(13(15)16)4-9(7)12/h3-4H,2,5H2,1H3. The number of nitrogens with zero attached hydrogens (tertiary/aromatic N) is 1. The third-order valence-corrected chi connectivity index (χ3v) is 2.67. The van der Waals surface area contributed by atoms with Crippen LogP contribution in [0.25, 0.3) is 0 Å². The average molecular weight is 306 g/mol. The number of hydrogen-bond donors (Lipinski definition) is 0. The molecule has 0 spiro atoms. The van der Waals surface area contributed by atoms with E-state index in [1.165, 1.54) is 0 Å². The van der Waals surface area contributed by atoms with Gasteiger partial charge in [-0.15, -0.1) is 0 Å². The predicted octanol–water partition coefficient (Wildman–Crippen LogP) is 2.60. The molecular weight excluding hydrogens is 297 g/mol. The second-order valence-corrected chi connectivity index (χ2v) is 3.98. The molecule has 0 bridgehead atoms. The number of esters is 1. The van der Waals surface area contributed by atoms with Gasteiger partial charge in [0, 0.05) is 16.1 Å². The molecule has 0 radical (unpaired) electrons. The molecule has 0 N–H and O–H groups in total. The number of rotatable bonds is 4. The molecule has 0 amide bonds. The summed E-state index contributed by atoms with van der Waals surface area (Å²) in [6.07, 6.45) is -0.266. The van der Waals surface area contributed by atoms with E-state index in [0.29, 0.717) is 0 Å². The fourth-order valence-corrected chi connectivity index (χ4v) is 1.78. The summed E-state index contributed by atoms with van der Waals surface area (Å²) >= 11 is 2.99. The second-order valence-electron chi connectivity index (χ2n) is 3.13. The van der Waals surface area contributed by atoms with Crippen molar-refractivity contribution in [2.45, 2.75) is 13.3 Å². The van der Waals surface area contributed by atoms with Crippen LogP contribution in [0, 0.1) is 15.9 Å². The number of benzene rings is 1. The Morgan fingerprint density at radius 1 is 1.59 bits per heavy atom. The maximum Gasteiger partial charge on any atom is 0.310 e. The largest absolute Gasteiger partial charge is 0.466 e. The predicted molar refractivity (Wildman–Crippen MR) is 61.1 cm³/mol. The topological polar surface area (TPSA) is 69.4 Å². The lowest BCUT2D eigenvalue weighted by atomic mass is 10.1. The lowest BCUT2D eigenvalue weighted by molar-refractivity contribution is -0.385. The highest BCUT2D eigenvalue weighted by Gasteiger charge is 2.18. The first-order chi connectivity index (χ1) is 7.95. The van der Waals surface area contributed by atoms with Crippen molar-refractivity contribution >= 4 is 27.6 Å². The molecule has 0 saturated carbocycles. The number of halogens is 2. The Kier molecular flexibility index (Phi) is 4.56. The minimum absolute atomic E-state index is 0.0500. The van der Waals surface area contributed by atoms with Crippen LogP contribution in [0.15, 0.2) is 16.6 Å². The number of carbonyl (C=O) groups excluding carboxylic acids is 1. The van der Waals surface area contributed by atoms with E-state index < -0.39 is 16.7 Å². The van der Waals surface area contributed by atoms with Gasteiger partial charge in [0.15, 0.2) is 0 Å². The molecule has 0 fully saturated rings. The van der Waals surface area contributed by atoms with Crippen molar-refractivity contribution in [2.75, 3.05) is 6.61 Å². The molecule has 0 atom stereocenters. The zero-order valence-corrected chi connectivity index (χ0v) is 10.5. The molecule has 1 aromatic rings. The summed E-state index contributed by atoms with van der Waals surface area (Å²) in [5.74, 6) is -1.39. The second kappa shape index (κ2) is 5.72. The summed E-state index contributed by atoms with van der Waals surface area (Å²) in [5, 5.41) is 10.5. The highest BCUT2D eigenvalue weighted by Crippen LogP contribution is 2.26. The van der Waals surface area contributed by atoms with Gasteiger partial charge in [-0.05, 0) is 6.92 Å². The van der Waals surface area contributed by atoms with Crippen molar-refractivity contribution in [3.8, 4) is 0 Å². The van der Waals surface area contributed by atoms with Crippen molar-refractivity contribution in [3.63, 3.8) is 0 Å². The fraction of sp³-hybridized carbons (Fsp3) is 0.300. The van der Waals surface area contributed by atoms with Gasteiger partial charge in [0.1, 0.15) is 5.82 Å². The van der Waals surface area contributed by atoms with Crippen molar-refractivity contribution in [3.05, 3.63) is 38.1 Å². The summed E-state index contributed by atoms with van der Waals surface area (Å²) in [5.41, 5.74) is -0.323. The van der Waals surface area contributed by atoms with Gasteiger partial charge in [-0.25, -0.2) is 4.39 Å². The van der Waals surface area contributed by atoms with Crippen LogP contribution in [-0.2, 0) is 16.0 Å². The third kappa shape index (κ3) is 3.48. The Morgan fingerprint density at radius 3 is 2.71 bits per heavy atom. The number of nitro benzene ring substituents is 1. The summed E-state index contributed by atoms with van der Waals surface area (Å²) in [6, 6.07) is 1.93. The van der Waals surface area contributed by atoms with Gasteiger partial charge in [-0.1, -0.05) is 15.9 Å². The van der Waals surface area contributed by atoms with Crippen LogP contribution < -0.4 is 0 Å². The molecule has 1 rings (SSSR count). The minimum Gasteiger partial charge on any atom is -0.466 e. The first kappa shape index (κ1) is 13.6. The summed E-state index contributed by atoms with van der Waals surface area (Å²) in [7, 11) is 0. The van der Waals surface area contributed by atoms with Crippen LogP contribution in [-0.4, -0.2) is 17.5 Å². The van der Waals surface area contributed by atoms with Crippen molar-refractivity contribution in [2.24, 2.45) is 0 Å². The molecule has 0 aliphatic carbocycles. The fourth-order valence-electron chi connectivity index (χ4n) is 1.22. The molecule has 0 aliphatic rings. The lowest BCUT2D eigenvalue weighted by Crippen LogP contribution is -2.09. The monoisotopic (exact) mass is 305 g/mol. The first-order valence-corrected chi connectivity index (χ1v) is 5.53. The Balaban J connectivity index is 3.01. The van der Waals surface area contributed by atoms with Crippen LogP contribution >= 0.6 is 15.9 Å². The van der Waals surface area contributed by atoms with E-state index in [-0.39, 0.29) is 28.8 Å². The van der Waals surface area contributed by atoms with E-state index in [2.05, 4.69) is 20.7 Å². The number of ether oxygens (including phenoxy) is 1. The molecule has 92 valence electrons. The normalized spacial score (nSPS) is 10.1. The molecule has 0 unspecified atom stereocenters. The first-order valence-electron chi connectivity index (χ1n) is 4.73. The van der Waals surface area contributed by atoms with Crippen LogP contribution in [0.3, 0.4) is 0 Å². The number of non-ortho nitro benzene ring substituents is 1. The molecular formula is C10H9BrFNO4. The smallest absolute Gasteiger partial charge is 0.310 e. The van der Waals surface area contributed by atoms with E-state index in [0.717, 1.165) is 12.1 Å². The van der Waals surface area contributed by atoms with E-state index in [1.807, 2.05) is 0 Å². The van der Waals surface area contributed by atoms with Gasteiger partial charge in [-0.3, -0.25) is 14.9 Å². The SMILES string of the molecule is CCOC(=O)Cc1c(F)cc([N+](=O)[O-])cc1Br. The van der Waals surface area contributed by atoms with Crippen LogP contribution in [0.5, 0.6) is 0 Å². The maximum atomic E-state index is 13.5. The van der Waals surface area contributed by atoms with Gasteiger partial charge >= 0.3 is 5.97 Å². The third-order valence-electron chi connectivity index (χ3n) is 1.96. The summed E-state index contributed by atoms with van der Waals surface area (Å²) in [4.78, 5) is 21.0. The quantitative estimate of drug-likeness (QED) is 0.487. The van der Waals surface area contributed by atoms with Crippen LogP contribution in [0.1, 0.15) is 12.5 Å². The molecule has 1 aromatic carbocycles. The molecule has 0 aliphatic heterocycles. The van der Waals surface area contributed by atoms with E-state index in [4.69, 9.17) is 0 Å². The molecule has 0 heterocycles. The Labute approximate surface area is 105 Å². The molecule has 17 heavy (non-hydrogen) atoms. The minimum atomic E-state index is -0.806. The van der Waals surface area contributed by atoms with Gasteiger partial charge in [0.2, 0.25) is 0 Å². The summed E-state index contributed by atoms with van der Waals surface area (Å²) in [6.45, 7) is 1.84.